The summed E-state index contributed by atoms with van der Waals surface area (Å²) >= 11 is 0. The molecular weight excluding hydrogens is 435 g/mol. The molecule has 31 heavy (non-hydrogen) atoms. The SMILES string of the molecule is O=c1c(C(F)(F)F)cn([C@@H]2O[C@H](CO)[C@@H](O)[C@H]2O)c(=O)n1CC(F)(F)c1ccccc1. The molecular formula is C18H17F5N2O6. The molecule has 8 nitrogen and oxygen atoms in total. The number of nitrogens with zero attached hydrogens (tertiary/aromatic N) is 2. The van der Waals surface area contributed by atoms with Crippen molar-refractivity contribution in [3.05, 3.63) is 68.5 Å². The summed E-state index contributed by atoms with van der Waals surface area (Å²) in [6.07, 6.45) is -12.5. The first kappa shape index (κ1) is 23.1. The summed E-state index contributed by atoms with van der Waals surface area (Å²) in [7, 11) is 0. The molecule has 13 heteroatoms. The molecule has 1 fully saturated rings. The van der Waals surface area contributed by atoms with Crippen molar-refractivity contribution in [2.45, 2.75) is 43.2 Å². The standard InChI is InChI=1S/C18H17F5N2O6/c19-17(20,9-4-2-1-3-5-9)8-25-14(29)10(18(21,22)23)6-24(16(25)30)15-13(28)12(27)11(7-26)31-15/h1-6,11-13,15,26-28H,7-8H2/t11-,12-,13-,15-/m1/s1. The summed E-state index contributed by atoms with van der Waals surface area (Å²) in [6.45, 7) is -2.56. The van der Waals surface area contributed by atoms with Crippen LogP contribution in [0.2, 0.25) is 0 Å². The molecule has 0 amide bonds. The number of aliphatic hydroxyl groups is 3. The molecule has 2 heterocycles. The van der Waals surface area contributed by atoms with Crippen LogP contribution >= 0.6 is 0 Å². The molecule has 1 saturated heterocycles. The second-order valence-electron chi connectivity index (χ2n) is 6.92. The van der Waals surface area contributed by atoms with Crippen LogP contribution in [0, 0.1) is 0 Å². The molecule has 0 saturated carbocycles. The number of benzene rings is 1. The van der Waals surface area contributed by atoms with Crippen molar-refractivity contribution in [1.82, 2.24) is 9.13 Å². The van der Waals surface area contributed by atoms with Crippen molar-refractivity contribution in [2.75, 3.05) is 6.61 Å². The van der Waals surface area contributed by atoms with Crippen molar-refractivity contribution in [2.24, 2.45) is 0 Å². The van der Waals surface area contributed by atoms with E-state index in [0.717, 1.165) is 12.1 Å². The number of hydrogen-bond donors (Lipinski definition) is 3. The summed E-state index contributed by atoms with van der Waals surface area (Å²) in [5.74, 6) is -3.89. The molecule has 0 radical (unpaired) electrons. The molecule has 170 valence electrons. The highest BCUT2D eigenvalue weighted by Crippen LogP contribution is 2.32. The first-order valence-electron chi connectivity index (χ1n) is 8.87. The van der Waals surface area contributed by atoms with E-state index in [9.17, 15) is 41.8 Å². The first-order chi connectivity index (χ1) is 14.4. The molecule has 1 aromatic heterocycles. The van der Waals surface area contributed by atoms with Crippen LogP contribution in [0.3, 0.4) is 0 Å². The summed E-state index contributed by atoms with van der Waals surface area (Å²) in [4.78, 5) is 25.0. The zero-order chi connectivity index (χ0) is 23.1. The monoisotopic (exact) mass is 452 g/mol. The Labute approximate surface area is 170 Å². The lowest BCUT2D eigenvalue weighted by Gasteiger charge is -2.23. The van der Waals surface area contributed by atoms with Crippen molar-refractivity contribution in [1.29, 1.82) is 0 Å². The Hall–Kier alpha value is -2.61. The van der Waals surface area contributed by atoms with Gasteiger partial charge in [-0.2, -0.15) is 22.0 Å². The zero-order valence-electron chi connectivity index (χ0n) is 15.5. The van der Waals surface area contributed by atoms with Crippen molar-refractivity contribution in [3.8, 4) is 0 Å². The van der Waals surface area contributed by atoms with Gasteiger partial charge in [-0.05, 0) is 0 Å². The number of aliphatic hydroxyl groups excluding tert-OH is 3. The predicted molar refractivity (Wildman–Crippen MR) is 93.3 cm³/mol. The molecule has 0 unspecified atom stereocenters. The van der Waals surface area contributed by atoms with Gasteiger partial charge >= 0.3 is 11.9 Å². The van der Waals surface area contributed by atoms with Crippen molar-refractivity contribution < 1.29 is 42.0 Å². The van der Waals surface area contributed by atoms with Gasteiger partial charge in [-0.1, -0.05) is 30.3 Å². The van der Waals surface area contributed by atoms with Gasteiger partial charge in [-0.3, -0.25) is 13.9 Å². The molecule has 3 rings (SSSR count). The predicted octanol–water partition coefficient (Wildman–Crippen LogP) is 0.432. The highest BCUT2D eigenvalue weighted by Gasteiger charge is 2.46. The van der Waals surface area contributed by atoms with Gasteiger partial charge in [0.1, 0.15) is 23.9 Å². The van der Waals surface area contributed by atoms with Crippen LogP contribution < -0.4 is 11.2 Å². The van der Waals surface area contributed by atoms with Crippen LogP contribution in [-0.2, 0) is 23.4 Å². The molecule has 2 aromatic rings. The fourth-order valence-corrected chi connectivity index (χ4v) is 3.22. The number of halogens is 5. The minimum absolute atomic E-state index is 0.0299. The van der Waals surface area contributed by atoms with E-state index in [4.69, 9.17) is 9.84 Å². The quantitative estimate of drug-likeness (QED) is 0.568. The van der Waals surface area contributed by atoms with Gasteiger partial charge in [-0.25, -0.2) is 4.79 Å². The van der Waals surface area contributed by atoms with Gasteiger partial charge in [0.2, 0.25) is 0 Å². The highest BCUT2D eigenvalue weighted by atomic mass is 19.4. The van der Waals surface area contributed by atoms with E-state index in [0.29, 0.717) is 0 Å². The lowest BCUT2D eigenvalue weighted by molar-refractivity contribution is -0.140. The van der Waals surface area contributed by atoms with Gasteiger partial charge in [0.25, 0.3) is 11.5 Å². The van der Waals surface area contributed by atoms with Crippen LogP contribution in [0.5, 0.6) is 0 Å². The number of hydrogen-bond acceptors (Lipinski definition) is 6. The van der Waals surface area contributed by atoms with Gasteiger partial charge in [0.15, 0.2) is 6.23 Å². The molecule has 0 aliphatic carbocycles. The third-order valence-electron chi connectivity index (χ3n) is 4.85. The van der Waals surface area contributed by atoms with Crippen LogP contribution in [0.4, 0.5) is 22.0 Å². The third-order valence-corrected chi connectivity index (χ3v) is 4.85. The Morgan fingerprint density at radius 1 is 1.00 bits per heavy atom. The Morgan fingerprint density at radius 2 is 1.61 bits per heavy atom. The molecule has 1 aromatic carbocycles. The summed E-state index contributed by atoms with van der Waals surface area (Å²) in [5, 5.41) is 29.0. The van der Waals surface area contributed by atoms with Crippen molar-refractivity contribution >= 4 is 0 Å². The van der Waals surface area contributed by atoms with Crippen LogP contribution in [-0.4, -0.2) is 49.4 Å². The van der Waals surface area contributed by atoms with Crippen LogP contribution in [0.1, 0.15) is 17.4 Å². The summed E-state index contributed by atoms with van der Waals surface area (Å²) < 4.78 is 74.3. The molecule has 3 N–H and O–H groups in total. The Balaban J connectivity index is 2.17. The Morgan fingerprint density at radius 3 is 2.13 bits per heavy atom. The largest absolute Gasteiger partial charge is 0.423 e. The van der Waals surface area contributed by atoms with E-state index in [1.165, 1.54) is 18.2 Å². The van der Waals surface area contributed by atoms with E-state index in [1.54, 1.807) is 0 Å². The third kappa shape index (κ3) is 4.26. The topological polar surface area (TPSA) is 114 Å². The van der Waals surface area contributed by atoms with Crippen molar-refractivity contribution in [3.63, 3.8) is 0 Å². The summed E-state index contributed by atoms with van der Waals surface area (Å²) in [5.41, 5.74) is -6.22. The fourth-order valence-electron chi connectivity index (χ4n) is 3.22. The fraction of sp³-hybridized carbons (Fsp3) is 0.444. The van der Waals surface area contributed by atoms with E-state index in [2.05, 4.69) is 0 Å². The zero-order valence-corrected chi connectivity index (χ0v) is 15.5. The van der Waals surface area contributed by atoms with Gasteiger partial charge < -0.3 is 20.1 Å². The normalized spacial score (nSPS) is 24.5. The van der Waals surface area contributed by atoms with Gasteiger partial charge in [-0.15, -0.1) is 0 Å². The number of ether oxygens (including phenoxy) is 1. The van der Waals surface area contributed by atoms with Crippen LogP contribution in [0.15, 0.2) is 46.1 Å². The molecule has 4 atom stereocenters. The van der Waals surface area contributed by atoms with E-state index in [1.807, 2.05) is 0 Å². The smallest absolute Gasteiger partial charge is 0.394 e. The van der Waals surface area contributed by atoms with Gasteiger partial charge in [0, 0.05) is 11.8 Å². The molecule has 1 aliphatic rings. The molecule has 0 bridgehead atoms. The maximum Gasteiger partial charge on any atom is 0.423 e. The lowest BCUT2D eigenvalue weighted by Crippen LogP contribution is -2.48. The molecule has 0 spiro atoms. The second kappa shape index (κ2) is 8.15. The maximum atomic E-state index is 14.7. The minimum atomic E-state index is -5.32. The molecule has 1 aliphatic heterocycles. The van der Waals surface area contributed by atoms with E-state index >= 15 is 0 Å². The first-order valence-corrected chi connectivity index (χ1v) is 8.87. The Kier molecular flexibility index (Phi) is 6.06. The average Bonchev–Trinajstić information content (AvgIpc) is 2.99. The average molecular weight is 452 g/mol. The maximum absolute atomic E-state index is 14.7. The minimum Gasteiger partial charge on any atom is -0.394 e. The van der Waals surface area contributed by atoms with E-state index in [-0.39, 0.29) is 15.3 Å². The Bertz CT molecular complexity index is 1050. The number of rotatable bonds is 5. The highest BCUT2D eigenvalue weighted by molar-refractivity contribution is 5.20. The van der Waals surface area contributed by atoms with E-state index < -0.39 is 72.2 Å². The lowest BCUT2D eigenvalue weighted by atomic mass is 10.1. The van der Waals surface area contributed by atoms with Crippen LogP contribution in [0.25, 0.3) is 0 Å². The van der Waals surface area contributed by atoms with Gasteiger partial charge in [0.05, 0.1) is 13.2 Å². The summed E-state index contributed by atoms with van der Waals surface area (Å²) in [6, 6.07) is 5.86. The second-order valence-corrected chi connectivity index (χ2v) is 6.92. The number of aromatic nitrogens is 2. The number of alkyl halides is 5.